The van der Waals surface area contributed by atoms with Crippen molar-refractivity contribution in [1.29, 1.82) is 0 Å². The topological polar surface area (TPSA) is 64.2 Å². The summed E-state index contributed by atoms with van der Waals surface area (Å²) in [6, 6.07) is 21.7. The number of hydrogen-bond acceptors (Lipinski definition) is 4. The Kier molecular flexibility index (Phi) is 5.95. The Morgan fingerprint density at radius 2 is 1.85 bits per heavy atom. The van der Waals surface area contributed by atoms with Gasteiger partial charge in [-0.3, -0.25) is 4.79 Å². The maximum absolute atomic E-state index is 12.7. The van der Waals surface area contributed by atoms with Gasteiger partial charge in [0.1, 0.15) is 5.65 Å². The molecule has 6 nitrogen and oxygen atoms in total. The SMILES string of the molecule is CC(NC(=O)c1ccc(SCc2cn3ccccc3n2)cc1)c1ccc(-n2ccnc2)cc1. The zero-order valence-corrected chi connectivity index (χ0v) is 18.9. The molecule has 0 aliphatic carbocycles. The van der Waals surface area contributed by atoms with Gasteiger partial charge in [0.25, 0.3) is 5.91 Å². The van der Waals surface area contributed by atoms with Crippen molar-refractivity contribution in [3.63, 3.8) is 0 Å². The molecule has 1 unspecified atom stereocenters. The van der Waals surface area contributed by atoms with Crippen LogP contribution in [0.25, 0.3) is 11.3 Å². The van der Waals surface area contributed by atoms with Gasteiger partial charge in [-0.25, -0.2) is 9.97 Å². The molecule has 0 aliphatic heterocycles. The lowest BCUT2D eigenvalue weighted by Gasteiger charge is -2.15. The van der Waals surface area contributed by atoms with Crippen molar-refractivity contribution < 1.29 is 4.79 Å². The van der Waals surface area contributed by atoms with Crippen LogP contribution in [0.2, 0.25) is 0 Å². The first-order valence-electron chi connectivity index (χ1n) is 10.7. The number of carbonyl (C=O) groups is 1. The molecule has 2 aromatic carbocycles. The van der Waals surface area contributed by atoms with E-state index in [1.54, 1.807) is 24.3 Å². The first kappa shape index (κ1) is 21.0. The van der Waals surface area contributed by atoms with Crippen LogP contribution < -0.4 is 5.32 Å². The van der Waals surface area contributed by atoms with E-state index in [0.717, 1.165) is 33.2 Å². The smallest absolute Gasteiger partial charge is 0.251 e. The first-order valence-corrected chi connectivity index (χ1v) is 11.7. The van der Waals surface area contributed by atoms with Crippen LogP contribution in [0.3, 0.4) is 0 Å². The number of benzene rings is 2. The number of nitrogens with zero attached hydrogens (tertiary/aromatic N) is 4. The average molecular weight is 454 g/mol. The van der Waals surface area contributed by atoms with Crippen LogP contribution in [0.15, 0.2) is 103 Å². The Morgan fingerprint density at radius 1 is 1.03 bits per heavy atom. The van der Waals surface area contributed by atoms with Gasteiger partial charge in [0, 0.05) is 46.7 Å². The molecule has 1 amide bonds. The predicted molar refractivity (Wildman–Crippen MR) is 131 cm³/mol. The number of amides is 1. The van der Waals surface area contributed by atoms with E-state index in [4.69, 9.17) is 0 Å². The van der Waals surface area contributed by atoms with Crippen molar-refractivity contribution in [3.8, 4) is 5.69 Å². The fourth-order valence-electron chi connectivity index (χ4n) is 3.63. The third-order valence-corrected chi connectivity index (χ3v) is 6.51. The molecule has 0 spiro atoms. The number of pyridine rings is 1. The summed E-state index contributed by atoms with van der Waals surface area (Å²) in [7, 11) is 0. The molecule has 7 heteroatoms. The third-order valence-electron chi connectivity index (χ3n) is 5.46. The van der Waals surface area contributed by atoms with Gasteiger partial charge in [0.15, 0.2) is 0 Å². The highest BCUT2D eigenvalue weighted by Gasteiger charge is 2.12. The summed E-state index contributed by atoms with van der Waals surface area (Å²) >= 11 is 1.71. The van der Waals surface area contributed by atoms with Crippen LogP contribution in [0.5, 0.6) is 0 Å². The molecule has 0 saturated carbocycles. The van der Waals surface area contributed by atoms with Crippen molar-refractivity contribution >= 4 is 23.3 Å². The quantitative estimate of drug-likeness (QED) is 0.340. The van der Waals surface area contributed by atoms with Gasteiger partial charge < -0.3 is 14.3 Å². The first-order chi connectivity index (χ1) is 16.2. The average Bonchev–Trinajstić information content (AvgIpc) is 3.53. The minimum atomic E-state index is -0.0987. The molecule has 0 fully saturated rings. The summed E-state index contributed by atoms with van der Waals surface area (Å²) in [5.74, 6) is 0.692. The van der Waals surface area contributed by atoms with Gasteiger partial charge in [-0.1, -0.05) is 18.2 Å². The van der Waals surface area contributed by atoms with E-state index < -0.39 is 0 Å². The van der Waals surface area contributed by atoms with E-state index in [-0.39, 0.29) is 11.9 Å². The van der Waals surface area contributed by atoms with Gasteiger partial charge >= 0.3 is 0 Å². The highest BCUT2D eigenvalue weighted by atomic mass is 32.2. The molecule has 0 aliphatic rings. The summed E-state index contributed by atoms with van der Waals surface area (Å²) in [6.45, 7) is 1.99. The van der Waals surface area contributed by atoms with Crippen LogP contribution in [0, 0.1) is 0 Å². The number of imidazole rings is 2. The van der Waals surface area contributed by atoms with Gasteiger partial charge in [-0.05, 0) is 61.0 Å². The van der Waals surface area contributed by atoms with E-state index in [1.807, 2.05) is 101 Å². The molecule has 164 valence electrons. The minimum absolute atomic E-state index is 0.0851. The van der Waals surface area contributed by atoms with Crippen molar-refractivity contribution in [2.24, 2.45) is 0 Å². The molecule has 0 bridgehead atoms. The zero-order valence-electron chi connectivity index (χ0n) is 18.1. The van der Waals surface area contributed by atoms with E-state index in [1.165, 1.54) is 0 Å². The molecule has 1 atom stereocenters. The second-order valence-electron chi connectivity index (χ2n) is 7.77. The summed E-state index contributed by atoms with van der Waals surface area (Å²) < 4.78 is 3.97. The molecular formula is C26H23N5OS. The summed E-state index contributed by atoms with van der Waals surface area (Å²) in [4.78, 5) is 22.5. The van der Waals surface area contributed by atoms with Crippen LogP contribution >= 0.6 is 11.8 Å². The maximum Gasteiger partial charge on any atom is 0.251 e. The second-order valence-corrected chi connectivity index (χ2v) is 8.82. The highest BCUT2D eigenvalue weighted by Crippen LogP contribution is 2.23. The Bertz CT molecular complexity index is 1330. The summed E-state index contributed by atoms with van der Waals surface area (Å²) in [6.07, 6.45) is 9.46. The van der Waals surface area contributed by atoms with Crippen LogP contribution in [0.4, 0.5) is 0 Å². The molecule has 1 N–H and O–H groups in total. The summed E-state index contributed by atoms with van der Waals surface area (Å²) in [5.41, 5.74) is 4.71. The number of hydrogen-bond donors (Lipinski definition) is 1. The number of carbonyl (C=O) groups excluding carboxylic acids is 1. The number of rotatable bonds is 7. The normalized spacial score (nSPS) is 12.0. The molecule has 5 rings (SSSR count). The van der Waals surface area contributed by atoms with Crippen molar-refractivity contribution in [2.45, 2.75) is 23.6 Å². The van der Waals surface area contributed by atoms with Crippen molar-refractivity contribution in [3.05, 3.63) is 115 Å². The molecule has 3 heterocycles. The van der Waals surface area contributed by atoms with Crippen LogP contribution in [0.1, 0.15) is 34.6 Å². The van der Waals surface area contributed by atoms with Gasteiger partial charge in [0.2, 0.25) is 0 Å². The predicted octanol–water partition coefficient (Wildman–Crippen LogP) is 5.30. The lowest BCUT2D eigenvalue weighted by atomic mass is 10.1. The van der Waals surface area contributed by atoms with Crippen molar-refractivity contribution in [2.75, 3.05) is 0 Å². The lowest BCUT2D eigenvalue weighted by Crippen LogP contribution is -2.26. The Morgan fingerprint density at radius 3 is 2.58 bits per heavy atom. The lowest BCUT2D eigenvalue weighted by molar-refractivity contribution is 0.0940. The van der Waals surface area contributed by atoms with E-state index >= 15 is 0 Å². The zero-order chi connectivity index (χ0) is 22.6. The maximum atomic E-state index is 12.7. The molecular weight excluding hydrogens is 430 g/mol. The number of fused-ring (bicyclic) bond motifs is 1. The van der Waals surface area contributed by atoms with Crippen molar-refractivity contribution in [1.82, 2.24) is 24.3 Å². The molecule has 33 heavy (non-hydrogen) atoms. The van der Waals surface area contributed by atoms with Crippen LogP contribution in [-0.2, 0) is 5.75 Å². The third kappa shape index (κ3) is 4.83. The van der Waals surface area contributed by atoms with Gasteiger partial charge in [0.05, 0.1) is 18.1 Å². The van der Waals surface area contributed by atoms with E-state index in [9.17, 15) is 4.79 Å². The highest BCUT2D eigenvalue weighted by molar-refractivity contribution is 7.98. The minimum Gasteiger partial charge on any atom is -0.346 e. The standard InChI is InChI=1S/C26H23N5OS/c1-19(20-5-9-23(10-6-20)31-15-13-27-18-31)28-26(32)21-7-11-24(12-8-21)33-17-22-16-30-14-3-2-4-25(30)29-22/h2-16,18-19H,17H2,1H3,(H,28,32). The number of aromatic nitrogens is 4. The van der Waals surface area contributed by atoms with E-state index in [0.29, 0.717) is 5.56 Å². The molecule has 3 aromatic heterocycles. The second kappa shape index (κ2) is 9.34. The molecule has 0 radical (unpaired) electrons. The molecule has 0 saturated heterocycles. The van der Waals surface area contributed by atoms with Crippen LogP contribution in [-0.4, -0.2) is 24.8 Å². The monoisotopic (exact) mass is 453 g/mol. The fourth-order valence-corrected chi connectivity index (χ4v) is 4.41. The Labute approximate surface area is 196 Å². The number of nitrogens with one attached hydrogen (secondary N) is 1. The van der Waals surface area contributed by atoms with E-state index in [2.05, 4.69) is 15.3 Å². The Balaban J connectivity index is 1.17. The number of thioether (sulfide) groups is 1. The Hall–Kier alpha value is -3.84. The fraction of sp³-hybridized carbons (Fsp3) is 0.115. The summed E-state index contributed by atoms with van der Waals surface area (Å²) in [5, 5.41) is 3.08. The molecule has 5 aromatic rings. The van der Waals surface area contributed by atoms with Gasteiger partial charge in [-0.15, -0.1) is 11.8 Å². The van der Waals surface area contributed by atoms with Gasteiger partial charge in [-0.2, -0.15) is 0 Å². The largest absolute Gasteiger partial charge is 0.346 e.